The molecule has 2 heterocycles. The van der Waals surface area contributed by atoms with Gasteiger partial charge in [0.15, 0.2) is 16.0 Å². The number of alkyl carbamates (subject to hydrolysis) is 1. The molecule has 14 nitrogen and oxygen atoms in total. The second kappa shape index (κ2) is 11.5. The Morgan fingerprint density at radius 3 is 1.97 bits per heavy atom. The number of nitrogens with one attached hydrogen (secondary N) is 1. The van der Waals surface area contributed by atoms with Gasteiger partial charge < -0.3 is 14.0 Å². The van der Waals surface area contributed by atoms with Crippen LogP contribution in [0.4, 0.5) is 16.2 Å². The molecule has 204 valence electrons. The van der Waals surface area contributed by atoms with Crippen LogP contribution >= 0.6 is 0 Å². The molecule has 3 atom stereocenters. The Morgan fingerprint density at radius 1 is 0.974 bits per heavy atom. The lowest BCUT2D eigenvalue weighted by atomic mass is 10.0. The molecule has 0 spiro atoms. The van der Waals surface area contributed by atoms with Crippen molar-refractivity contribution in [1.29, 1.82) is 0 Å². The quantitative estimate of drug-likeness (QED) is 0.149. The Hall–Kier alpha value is -4.50. The van der Waals surface area contributed by atoms with Crippen molar-refractivity contribution in [1.82, 2.24) is 10.2 Å². The maximum absolute atomic E-state index is 13.3. The number of hydrogen-bond donors (Lipinski definition) is 1. The van der Waals surface area contributed by atoms with E-state index in [9.17, 15) is 39.2 Å². The molecule has 2 aliphatic rings. The molecule has 0 radical (unpaired) electrons. The van der Waals surface area contributed by atoms with Crippen LogP contribution in [0.1, 0.15) is 30.9 Å². The van der Waals surface area contributed by atoms with E-state index in [1.54, 1.807) is 0 Å². The van der Waals surface area contributed by atoms with Crippen molar-refractivity contribution in [2.45, 2.75) is 44.4 Å². The molecular formula is C24H22N4O10S. The van der Waals surface area contributed by atoms with Gasteiger partial charge in [0.1, 0.15) is 13.2 Å². The molecule has 1 fully saturated rings. The van der Waals surface area contributed by atoms with Gasteiger partial charge in [-0.3, -0.25) is 35.2 Å². The van der Waals surface area contributed by atoms with E-state index in [1.807, 2.05) is 0 Å². The number of amides is 2. The summed E-state index contributed by atoms with van der Waals surface area (Å²) >= 11 is -1.92. The van der Waals surface area contributed by atoms with Crippen LogP contribution in [-0.4, -0.2) is 48.7 Å². The number of ether oxygens (including phenoxy) is 2. The Balaban J connectivity index is 1.38. The summed E-state index contributed by atoms with van der Waals surface area (Å²) in [4.78, 5) is 59.2. The third-order valence-electron chi connectivity index (χ3n) is 6.08. The highest BCUT2D eigenvalue weighted by molar-refractivity contribution is 7.95. The lowest BCUT2D eigenvalue weighted by Gasteiger charge is -2.34. The van der Waals surface area contributed by atoms with Crippen molar-refractivity contribution in [3.05, 3.63) is 90.5 Å². The molecule has 39 heavy (non-hydrogen) atoms. The zero-order valence-electron chi connectivity index (χ0n) is 20.4. The fourth-order valence-electron chi connectivity index (χ4n) is 4.06. The number of benzene rings is 2. The zero-order chi connectivity index (χ0) is 28.3. The average molecular weight is 559 g/mol. The van der Waals surface area contributed by atoms with Gasteiger partial charge in [-0.05, 0) is 35.4 Å². The van der Waals surface area contributed by atoms with Crippen LogP contribution in [0.2, 0.25) is 0 Å². The van der Waals surface area contributed by atoms with E-state index in [2.05, 4.69) is 5.32 Å². The summed E-state index contributed by atoms with van der Waals surface area (Å²) in [5, 5.41) is 23.0. The number of nitro groups is 2. The molecule has 0 aromatic heterocycles. The number of carbonyl (C=O) groups is 3. The Kier molecular flexibility index (Phi) is 8.11. The van der Waals surface area contributed by atoms with Gasteiger partial charge in [-0.1, -0.05) is 0 Å². The third kappa shape index (κ3) is 6.15. The molecule has 2 aliphatic heterocycles. The minimum atomic E-state index is -1.92. The largest absolute Gasteiger partial charge is 0.610 e. The molecule has 2 aromatic carbocycles. The van der Waals surface area contributed by atoms with Gasteiger partial charge in [0.25, 0.3) is 11.4 Å². The van der Waals surface area contributed by atoms with Crippen molar-refractivity contribution in [3.8, 4) is 0 Å². The summed E-state index contributed by atoms with van der Waals surface area (Å²) < 4.78 is 23.7. The molecule has 2 amide bonds. The molecule has 2 aromatic rings. The maximum Gasteiger partial charge on any atom is 0.411 e. The summed E-state index contributed by atoms with van der Waals surface area (Å²) in [5.74, 6) is -1.20. The van der Waals surface area contributed by atoms with Gasteiger partial charge in [0, 0.05) is 55.2 Å². The fourth-order valence-corrected chi connectivity index (χ4v) is 5.42. The van der Waals surface area contributed by atoms with Crippen LogP contribution in [0.5, 0.6) is 0 Å². The minimum absolute atomic E-state index is 0.109. The second-order valence-corrected chi connectivity index (χ2v) is 10.5. The van der Waals surface area contributed by atoms with E-state index in [4.69, 9.17) is 9.47 Å². The molecule has 0 bridgehead atoms. The Labute approximate surface area is 224 Å². The van der Waals surface area contributed by atoms with Gasteiger partial charge in [-0.2, -0.15) is 0 Å². The van der Waals surface area contributed by atoms with Gasteiger partial charge in [0.05, 0.1) is 15.9 Å². The molecule has 0 saturated carbocycles. The number of nitro benzene ring substituents is 2. The van der Waals surface area contributed by atoms with Crippen LogP contribution < -0.4 is 5.32 Å². The zero-order valence-corrected chi connectivity index (χ0v) is 21.3. The second-order valence-electron chi connectivity index (χ2n) is 8.68. The van der Waals surface area contributed by atoms with Crippen LogP contribution in [0, 0.1) is 20.2 Å². The number of β-lactam (4-membered cyclic amide) rings is 1. The summed E-state index contributed by atoms with van der Waals surface area (Å²) in [7, 11) is 0. The first kappa shape index (κ1) is 27.5. The van der Waals surface area contributed by atoms with Gasteiger partial charge in [0.2, 0.25) is 5.91 Å². The standard InChI is InChI=1S/C24H22N4O10S/c1-14(25-24(31)38-13-16-4-8-18(9-5-16)28(34)35)39(36)20-10-19-11-21(29)26(19)22(20)23(30)37-12-15-2-6-17(7-3-15)27(32)33/h2-9,14,19H,10-13H2,1H3,(H,25,31). The first-order valence-corrected chi connectivity index (χ1v) is 12.8. The lowest BCUT2D eigenvalue weighted by Crippen LogP contribution is -2.49. The van der Waals surface area contributed by atoms with Crippen molar-refractivity contribution in [2.75, 3.05) is 0 Å². The van der Waals surface area contributed by atoms with Crippen molar-refractivity contribution in [3.63, 3.8) is 0 Å². The van der Waals surface area contributed by atoms with E-state index in [0.29, 0.717) is 11.1 Å². The summed E-state index contributed by atoms with van der Waals surface area (Å²) in [6.45, 7) is 1.04. The van der Waals surface area contributed by atoms with Crippen LogP contribution in [0.25, 0.3) is 0 Å². The number of non-ortho nitro benzene ring substituents is 2. The van der Waals surface area contributed by atoms with Crippen molar-refractivity contribution in [2.24, 2.45) is 0 Å². The molecule has 15 heteroatoms. The smallest absolute Gasteiger partial charge is 0.411 e. The number of hydrogen-bond acceptors (Lipinski definition) is 10. The van der Waals surface area contributed by atoms with E-state index in [1.165, 1.54) is 60.4 Å². The predicted octanol–water partition coefficient (Wildman–Crippen LogP) is 2.78. The first-order valence-electron chi connectivity index (χ1n) is 11.6. The normalized spacial score (nSPS) is 17.5. The summed E-state index contributed by atoms with van der Waals surface area (Å²) in [6, 6.07) is 10.5. The van der Waals surface area contributed by atoms with Gasteiger partial charge >= 0.3 is 12.1 Å². The monoisotopic (exact) mass is 558 g/mol. The number of esters is 1. The Bertz CT molecular complexity index is 1350. The molecule has 1 N–H and O–H groups in total. The van der Waals surface area contributed by atoms with Crippen molar-refractivity contribution >= 4 is 40.5 Å². The minimum Gasteiger partial charge on any atom is -0.610 e. The lowest BCUT2D eigenvalue weighted by molar-refractivity contribution is -0.385. The molecular weight excluding hydrogens is 536 g/mol. The van der Waals surface area contributed by atoms with Crippen molar-refractivity contribution < 1.29 is 38.3 Å². The SMILES string of the molecule is CC(NC(=O)OCc1ccc([N+](=O)[O-])cc1)[S+]([O-])C1=C(C(=O)OCc2ccc([N+](=O)[O-])cc2)N2C(=O)CC2C1. The van der Waals surface area contributed by atoms with E-state index >= 15 is 0 Å². The fraction of sp³-hybridized carbons (Fsp3) is 0.292. The molecule has 4 rings (SSSR count). The highest BCUT2D eigenvalue weighted by atomic mass is 32.2. The van der Waals surface area contributed by atoms with Crippen LogP contribution in [0.15, 0.2) is 59.1 Å². The van der Waals surface area contributed by atoms with E-state index < -0.39 is 38.5 Å². The van der Waals surface area contributed by atoms with Crippen LogP contribution in [0.3, 0.4) is 0 Å². The van der Waals surface area contributed by atoms with Gasteiger partial charge in [-0.15, -0.1) is 0 Å². The average Bonchev–Trinajstić information content (AvgIpc) is 3.23. The highest BCUT2D eigenvalue weighted by Gasteiger charge is 2.52. The van der Waals surface area contributed by atoms with E-state index in [-0.39, 0.29) is 60.0 Å². The molecule has 0 aliphatic carbocycles. The predicted molar refractivity (Wildman–Crippen MR) is 134 cm³/mol. The van der Waals surface area contributed by atoms with Crippen LogP contribution in [-0.2, 0) is 43.5 Å². The topological polar surface area (TPSA) is 194 Å². The highest BCUT2D eigenvalue weighted by Crippen LogP contribution is 2.42. The maximum atomic E-state index is 13.3. The number of fused-ring (bicyclic) bond motifs is 1. The van der Waals surface area contributed by atoms with Gasteiger partial charge in [-0.25, -0.2) is 9.59 Å². The number of nitrogens with zero attached hydrogens (tertiary/aromatic N) is 3. The Morgan fingerprint density at radius 2 is 1.49 bits per heavy atom. The molecule has 3 unspecified atom stereocenters. The first-order chi connectivity index (χ1) is 18.5. The van der Waals surface area contributed by atoms with E-state index in [0.717, 1.165) is 0 Å². The summed E-state index contributed by atoms with van der Waals surface area (Å²) in [6.07, 6.45) is -0.544. The number of carbonyl (C=O) groups excluding carboxylic acids is 3. The molecule has 1 saturated heterocycles. The summed E-state index contributed by atoms with van der Waals surface area (Å²) in [5.41, 5.74) is 0.617. The number of rotatable bonds is 10. The third-order valence-corrected chi connectivity index (χ3v) is 7.69.